The summed E-state index contributed by atoms with van der Waals surface area (Å²) in [5.74, 6) is 0.313. The van der Waals surface area contributed by atoms with Gasteiger partial charge in [0.25, 0.3) is 8.32 Å². The van der Waals surface area contributed by atoms with Gasteiger partial charge in [-0.05, 0) is 38.8 Å². The van der Waals surface area contributed by atoms with Gasteiger partial charge in [-0.1, -0.05) is 105 Å². The van der Waals surface area contributed by atoms with E-state index in [1.165, 1.54) is 0 Å². The van der Waals surface area contributed by atoms with Gasteiger partial charge in [0.15, 0.2) is 0 Å². The fourth-order valence-corrected chi connectivity index (χ4v) is 8.29. The maximum absolute atomic E-state index is 12.4. The second-order valence-corrected chi connectivity index (χ2v) is 12.6. The third-order valence-electron chi connectivity index (χ3n) is 6.16. The molecule has 32 heavy (non-hydrogen) atoms. The Balaban J connectivity index is 1.84. The van der Waals surface area contributed by atoms with E-state index < -0.39 is 19.5 Å². The van der Waals surface area contributed by atoms with Crippen molar-refractivity contribution in [3.8, 4) is 5.75 Å². The van der Waals surface area contributed by atoms with Crippen LogP contribution in [-0.4, -0.2) is 24.4 Å². The Hall–Kier alpha value is -3.41. The van der Waals surface area contributed by atoms with Crippen LogP contribution in [0.4, 0.5) is 4.79 Å². The molecule has 4 nitrogen and oxygen atoms in total. The van der Waals surface area contributed by atoms with Crippen LogP contribution in [0.1, 0.15) is 19.4 Å². The van der Waals surface area contributed by atoms with Crippen LogP contribution in [-0.2, 0) is 6.42 Å². The number of benzene rings is 4. The minimum absolute atomic E-state index is 0.313. The van der Waals surface area contributed by atoms with Crippen LogP contribution < -0.4 is 15.1 Å². The van der Waals surface area contributed by atoms with Gasteiger partial charge in [0.05, 0.1) is 0 Å². The fraction of sp³-hybridized carbons (Fsp3) is 0.148. The second-order valence-electron chi connectivity index (χ2n) is 8.64. The van der Waals surface area contributed by atoms with E-state index in [1.807, 2.05) is 84.9 Å². The van der Waals surface area contributed by atoms with Crippen LogP contribution in [0.3, 0.4) is 0 Å². The average Bonchev–Trinajstić information content (AvgIpc) is 2.79. The quantitative estimate of drug-likeness (QED) is 0.251. The topological polar surface area (TPSA) is 66.8 Å². The lowest BCUT2D eigenvalue weighted by Crippen LogP contribution is -2.65. The highest BCUT2D eigenvalue weighted by atomic mass is 28.4. The first-order chi connectivity index (χ1) is 15.3. The van der Waals surface area contributed by atoms with E-state index in [0.717, 1.165) is 26.7 Å². The van der Waals surface area contributed by atoms with E-state index in [0.29, 0.717) is 12.2 Å². The van der Waals surface area contributed by atoms with Crippen molar-refractivity contribution in [3.05, 3.63) is 103 Å². The van der Waals surface area contributed by atoms with Crippen LogP contribution in [0.25, 0.3) is 10.8 Å². The Bertz CT molecular complexity index is 1200. The van der Waals surface area contributed by atoms with Gasteiger partial charge in [-0.3, -0.25) is 0 Å². The number of carboxylic acid groups (broad SMARTS) is 1. The summed E-state index contributed by atoms with van der Waals surface area (Å²) < 4.78 is 4.99. The van der Waals surface area contributed by atoms with Gasteiger partial charge in [-0.25, -0.2) is 4.79 Å². The SMILES string of the molecule is CC(C)(Cc1cccc2c(OC(=O)O)cccc12)[Si](O)(c1ccccc1)c1ccccc1. The number of carbonyl (C=O) groups is 1. The Morgan fingerprint density at radius 3 is 1.88 bits per heavy atom. The summed E-state index contributed by atoms with van der Waals surface area (Å²) in [7, 11) is -3.16. The molecule has 0 aliphatic rings. The molecular weight excluding hydrogens is 416 g/mol. The summed E-state index contributed by atoms with van der Waals surface area (Å²) in [6.45, 7) is 4.24. The van der Waals surface area contributed by atoms with E-state index in [2.05, 4.69) is 13.8 Å². The first kappa shape index (κ1) is 21.8. The smallest absolute Gasteiger partial charge is 0.449 e. The lowest BCUT2D eigenvalue weighted by molar-refractivity contribution is 0.145. The van der Waals surface area contributed by atoms with Crippen molar-refractivity contribution >= 4 is 35.6 Å². The zero-order valence-corrected chi connectivity index (χ0v) is 19.2. The zero-order valence-electron chi connectivity index (χ0n) is 18.2. The third-order valence-corrected chi connectivity index (χ3v) is 10.6. The lowest BCUT2D eigenvalue weighted by atomic mass is 9.96. The average molecular weight is 443 g/mol. The number of ether oxygens (including phenoxy) is 1. The molecule has 4 aromatic carbocycles. The molecular formula is C27H26O4Si. The first-order valence-electron chi connectivity index (χ1n) is 10.6. The molecule has 0 atom stereocenters. The molecule has 0 aliphatic carbocycles. The highest BCUT2D eigenvalue weighted by Gasteiger charge is 2.49. The highest BCUT2D eigenvalue weighted by Crippen LogP contribution is 2.41. The maximum Gasteiger partial charge on any atom is 0.511 e. The molecule has 0 heterocycles. The van der Waals surface area contributed by atoms with Crippen molar-refractivity contribution in [1.29, 1.82) is 0 Å². The predicted molar refractivity (Wildman–Crippen MR) is 130 cm³/mol. The van der Waals surface area contributed by atoms with Gasteiger partial charge in [0.2, 0.25) is 0 Å². The molecule has 4 aromatic rings. The van der Waals surface area contributed by atoms with Crippen LogP contribution in [0.5, 0.6) is 5.75 Å². The van der Waals surface area contributed by atoms with Gasteiger partial charge in [0, 0.05) is 5.39 Å². The Morgan fingerprint density at radius 2 is 1.31 bits per heavy atom. The maximum atomic E-state index is 12.4. The van der Waals surface area contributed by atoms with E-state index >= 15 is 0 Å². The summed E-state index contributed by atoms with van der Waals surface area (Å²) in [5, 5.41) is 12.2. The van der Waals surface area contributed by atoms with E-state index in [1.54, 1.807) is 12.1 Å². The van der Waals surface area contributed by atoms with Crippen molar-refractivity contribution in [2.24, 2.45) is 0 Å². The largest absolute Gasteiger partial charge is 0.511 e. The molecule has 0 saturated heterocycles. The summed E-state index contributed by atoms with van der Waals surface area (Å²) in [6.07, 6.45) is -0.717. The summed E-state index contributed by atoms with van der Waals surface area (Å²) >= 11 is 0. The van der Waals surface area contributed by atoms with Crippen molar-refractivity contribution < 1.29 is 19.4 Å². The van der Waals surface area contributed by atoms with Gasteiger partial charge in [-0.2, -0.15) is 0 Å². The molecule has 5 heteroatoms. The second kappa shape index (κ2) is 8.61. The molecule has 0 amide bonds. The molecule has 2 N–H and O–H groups in total. The minimum Gasteiger partial charge on any atom is -0.449 e. The summed E-state index contributed by atoms with van der Waals surface area (Å²) in [5.41, 5.74) is 1.04. The molecule has 4 rings (SSSR count). The van der Waals surface area contributed by atoms with E-state index in [-0.39, 0.29) is 0 Å². The monoisotopic (exact) mass is 442 g/mol. The van der Waals surface area contributed by atoms with Crippen molar-refractivity contribution in [2.45, 2.75) is 25.3 Å². The minimum atomic E-state index is -3.16. The van der Waals surface area contributed by atoms with Gasteiger partial charge >= 0.3 is 6.16 Å². The van der Waals surface area contributed by atoms with E-state index in [4.69, 9.17) is 9.84 Å². The summed E-state index contributed by atoms with van der Waals surface area (Å²) in [4.78, 5) is 23.5. The number of hydrogen-bond donors (Lipinski definition) is 2. The molecule has 0 aromatic heterocycles. The van der Waals surface area contributed by atoms with Crippen molar-refractivity contribution in [1.82, 2.24) is 0 Å². The van der Waals surface area contributed by atoms with Crippen LogP contribution in [0, 0.1) is 0 Å². The zero-order chi connectivity index (χ0) is 22.8. The van der Waals surface area contributed by atoms with Crippen LogP contribution in [0.2, 0.25) is 5.04 Å². The Labute approximate surface area is 188 Å². The van der Waals surface area contributed by atoms with Gasteiger partial charge in [0.1, 0.15) is 5.75 Å². The molecule has 0 unspecified atom stereocenters. The number of fused-ring (bicyclic) bond motifs is 1. The van der Waals surface area contributed by atoms with Gasteiger partial charge < -0.3 is 14.6 Å². The Morgan fingerprint density at radius 1 is 0.781 bits per heavy atom. The van der Waals surface area contributed by atoms with Gasteiger partial charge in [-0.15, -0.1) is 0 Å². The first-order valence-corrected chi connectivity index (χ1v) is 12.5. The van der Waals surface area contributed by atoms with Crippen molar-refractivity contribution in [3.63, 3.8) is 0 Å². The molecule has 0 radical (unpaired) electrons. The lowest BCUT2D eigenvalue weighted by Gasteiger charge is -2.41. The van der Waals surface area contributed by atoms with Crippen molar-refractivity contribution in [2.75, 3.05) is 0 Å². The van der Waals surface area contributed by atoms with Crippen LogP contribution in [0.15, 0.2) is 97.1 Å². The molecule has 0 spiro atoms. The molecule has 0 saturated carbocycles. The molecule has 0 fully saturated rings. The standard InChI is InChI=1S/C27H26O4Si/c1-27(2,32(30,21-12-5-3-6-13-21)22-14-7-4-8-15-22)19-20-11-9-17-24-23(20)16-10-18-25(24)31-26(28)29/h3-18,30H,19H2,1-2H3,(H,28,29). The van der Waals surface area contributed by atoms with Crippen LogP contribution >= 0.6 is 0 Å². The Kier molecular flexibility index (Phi) is 5.87. The van der Waals surface area contributed by atoms with E-state index in [9.17, 15) is 9.59 Å². The molecule has 0 bridgehead atoms. The number of hydrogen-bond acceptors (Lipinski definition) is 3. The fourth-order valence-electron chi connectivity index (χ4n) is 4.59. The number of rotatable bonds is 6. The normalized spacial score (nSPS) is 12.0. The molecule has 0 aliphatic heterocycles. The summed E-state index contributed by atoms with van der Waals surface area (Å²) in [6, 6.07) is 31.1. The molecule has 162 valence electrons. The third kappa shape index (κ3) is 3.93. The highest BCUT2D eigenvalue weighted by molar-refractivity contribution is 6.98. The predicted octanol–water partition coefficient (Wildman–Crippen LogP) is 4.97.